The fourth-order valence-corrected chi connectivity index (χ4v) is 4.91. The number of carbonyl (C=O) groups excluding carboxylic acids is 2. The lowest BCUT2D eigenvalue weighted by atomic mass is 9.82. The second kappa shape index (κ2) is 9.37. The monoisotopic (exact) mass is 482 g/mol. The molecule has 1 unspecified atom stereocenters. The van der Waals surface area contributed by atoms with Gasteiger partial charge in [-0.2, -0.15) is 0 Å². The molecular weight excluding hydrogens is 460 g/mol. The van der Waals surface area contributed by atoms with E-state index < -0.39 is 15.7 Å². The zero-order valence-corrected chi connectivity index (χ0v) is 19.5. The summed E-state index contributed by atoms with van der Waals surface area (Å²) in [5.74, 6) is -0.791. The predicted octanol–water partition coefficient (Wildman–Crippen LogP) is 5.05. The van der Waals surface area contributed by atoms with Crippen LogP contribution in [0.2, 0.25) is 5.02 Å². The van der Waals surface area contributed by atoms with Crippen molar-refractivity contribution in [3.05, 3.63) is 88.4 Å². The van der Waals surface area contributed by atoms with Gasteiger partial charge in [0.25, 0.3) is 5.91 Å². The van der Waals surface area contributed by atoms with Crippen molar-refractivity contribution in [3.8, 4) is 0 Å². The van der Waals surface area contributed by atoms with Crippen LogP contribution in [0.1, 0.15) is 40.2 Å². The van der Waals surface area contributed by atoms with Crippen LogP contribution >= 0.6 is 11.6 Å². The van der Waals surface area contributed by atoms with Gasteiger partial charge in [0, 0.05) is 17.5 Å². The maximum absolute atomic E-state index is 12.9. The van der Waals surface area contributed by atoms with Crippen molar-refractivity contribution in [2.75, 3.05) is 16.9 Å². The van der Waals surface area contributed by atoms with Crippen LogP contribution in [0.4, 0.5) is 11.4 Å². The van der Waals surface area contributed by atoms with Crippen molar-refractivity contribution >= 4 is 44.6 Å². The van der Waals surface area contributed by atoms with Crippen molar-refractivity contribution < 1.29 is 18.0 Å². The van der Waals surface area contributed by atoms with Gasteiger partial charge in [-0.3, -0.25) is 9.59 Å². The standard InChI is InChI=1S/C25H23ClN2O4S/c1-33(31,32)19-9-4-8-17(14-19)24(29)28-23-13-12-18(15-22(23)26)27-25(30)21-11-5-7-16-6-2-3-10-20(16)21/h2-4,6,8-10,12-15,21H,5,7,11H2,1H3,(H,27,30)(H,28,29). The largest absolute Gasteiger partial charge is 0.326 e. The number of halogens is 1. The molecule has 2 amide bonds. The molecule has 0 radical (unpaired) electrons. The van der Waals surface area contributed by atoms with Gasteiger partial charge in [-0.25, -0.2) is 8.42 Å². The molecule has 1 atom stereocenters. The van der Waals surface area contributed by atoms with Crippen LogP contribution in [0.3, 0.4) is 0 Å². The van der Waals surface area contributed by atoms with Gasteiger partial charge in [-0.15, -0.1) is 0 Å². The molecule has 170 valence electrons. The molecule has 2 N–H and O–H groups in total. The molecular formula is C25H23ClN2O4S. The van der Waals surface area contributed by atoms with Gasteiger partial charge in [0.05, 0.1) is 21.5 Å². The van der Waals surface area contributed by atoms with E-state index in [1.54, 1.807) is 18.2 Å². The maximum Gasteiger partial charge on any atom is 0.255 e. The van der Waals surface area contributed by atoms with E-state index in [4.69, 9.17) is 11.6 Å². The van der Waals surface area contributed by atoms with Crippen molar-refractivity contribution in [1.29, 1.82) is 0 Å². The fraction of sp³-hybridized carbons (Fsp3) is 0.200. The van der Waals surface area contributed by atoms with Crippen LogP contribution in [0.25, 0.3) is 0 Å². The second-order valence-electron chi connectivity index (χ2n) is 8.08. The SMILES string of the molecule is CS(=O)(=O)c1cccc(C(=O)Nc2ccc(NC(=O)C3CCCc4ccccc43)cc2Cl)c1. The zero-order chi connectivity index (χ0) is 23.6. The Labute approximate surface area is 197 Å². The first-order chi connectivity index (χ1) is 15.7. The Morgan fingerprint density at radius 1 is 0.970 bits per heavy atom. The maximum atomic E-state index is 12.9. The molecule has 0 bridgehead atoms. The van der Waals surface area contributed by atoms with Crippen LogP contribution in [0.5, 0.6) is 0 Å². The lowest BCUT2D eigenvalue weighted by molar-refractivity contribution is -0.117. The van der Waals surface area contributed by atoms with Gasteiger partial charge in [0.2, 0.25) is 5.91 Å². The highest BCUT2D eigenvalue weighted by Crippen LogP contribution is 2.33. The topological polar surface area (TPSA) is 92.3 Å². The lowest BCUT2D eigenvalue weighted by Crippen LogP contribution is -2.24. The molecule has 0 fully saturated rings. The first-order valence-corrected chi connectivity index (χ1v) is 12.8. The molecule has 8 heteroatoms. The molecule has 0 aromatic heterocycles. The Kier molecular flexibility index (Phi) is 6.54. The molecule has 6 nitrogen and oxygen atoms in total. The Hall–Kier alpha value is -3.16. The number of nitrogens with one attached hydrogen (secondary N) is 2. The summed E-state index contributed by atoms with van der Waals surface area (Å²) >= 11 is 6.35. The van der Waals surface area contributed by atoms with Crippen molar-refractivity contribution in [2.45, 2.75) is 30.1 Å². The third kappa shape index (κ3) is 5.26. The summed E-state index contributed by atoms with van der Waals surface area (Å²) in [6.07, 6.45) is 3.81. The summed E-state index contributed by atoms with van der Waals surface area (Å²) < 4.78 is 23.5. The van der Waals surface area contributed by atoms with E-state index in [1.807, 2.05) is 18.2 Å². The zero-order valence-electron chi connectivity index (χ0n) is 18.0. The van der Waals surface area contributed by atoms with Gasteiger partial charge < -0.3 is 10.6 Å². The number of sulfone groups is 1. The van der Waals surface area contributed by atoms with Crippen LogP contribution < -0.4 is 10.6 Å². The van der Waals surface area contributed by atoms with Gasteiger partial charge in [0.1, 0.15) is 0 Å². The number of hydrogen-bond donors (Lipinski definition) is 2. The van der Waals surface area contributed by atoms with Crippen LogP contribution in [-0.2, 0) is 21.1 Å². The van der Waals surface area contributed by atoms with Crippen LogP contribution in [-0.4, -0.2) is 26.5 Å². The molecule has 0 saturated heterocycles. The van der Waals surface area contributed by atoms with Crippen LogP contribution in [0.15, 0.2) is 71.6 Å². The Morgan fingerprint density at radius 3 is 2.52 bits per heavy atom. The van der Waals surface area contributed by atoms with Crippen molar-refractivity contribution in [3.63, 3.8) is 0 Å². The van der Waals surface area contributed by atoms with Crippen molar-refractivity contribution in [2.24, 2.45) is 0 Å². The minimum Gasteiger partial charge on any atom is -0.326 e. The number of amides is 2. The first-order valence-electron chi connectivity index (χ1n) is 10.5. The summed E-state index contributed by atoms with van der Waals surface area (Å²) in [6.45, 7) is 0. The van der Waals surface area contributed by atoms with Crippen LogP contribution in [0, 0.1) is 0 Å². The average Bonchev–Trinajstić information content (AvgIpc) is 2.80. The predicted molar refractivity (Wildman–Crippen MR) is 130 cm³/mol. The minimum absolute atomic E-state index is 0.0589. The van der Waals surface area contributed by atoms with Gasteiger partial charge in [-0.05, 0) is 66.8 Å². The lowest BCUT2D eigenvalue weighted by Gasteiger charge is -2.24. The molecule has 33 heavy (non-hydrogen) atoms. The van der Waals surface area contributed by atoms with E-state index in [-0.39, 0.29) is 27.3 Å². The number of carbonyl (C=O) groups is 2. The summed E-state index contributed by atoms with van der Waals surface area (Å²) in [5.41, 5.74) is 3.35. The van der Waals surface area contributed by atoms with E-state index in [1.165, 1.54) is 29.8 Å². The smallest absolute Gasteiger partial charge is 0.255 e. The quantitative estimate of drug-likeness (QED) is 0.532. The summed E-state index contributed by atoms with van der Waals surface area (Å²) in [7, 11) is -3.43. The Bertz CT molecular complexity index is 1340. The molecule has 0 heterocycles. The Morgan fingerprint density at radius 2 is 1.76 bits per heavy atom. The molecule has 1 aliphatic rings. The highest BCUT2D eigenvalue weighted by Gasteiger charge is 2.26. The van der Waals surface area contributed by atoms with Gasteiger partial charge in [-0.1, -0.05) is 41.9 Å². The number of fused-ring (bicyclic) bond motifs is 1. The fourth-order valence-electron chi connectivity index (χ4n) is 4.01. The third-order valence-electron chi connectivity index (χ3n) is 5.70. The third-order valence-corrected chi connectivity index (χ3v) is 7.12. The van der Waals surface area contributed by atoms with Gasteiger partial charge >= 0.3 is 0 Å². The molecule has 0 spiro atoms. The van der Waals surface area contributed by atoms with Crippen molar-refractivity contribution in [1.82, 2.24) is 0 Å². The van der Waals surface area contributed by atoms with E-state index in [9.17, 15) is 18.0 Å². The minimum atomic E-state index is -3.43. The number of rotatable bonds is 5. The summed E-state index contributed by atoms with van der Waals surface area (Å²) in [4.78, 5) is 25.6. The molecule has 3 aromatic carbocycles. The van der Waals surface area contributed by atoms with E-state index >= 15 is 0 Å². The molecule has 4 rings (SSSR count). The first kappa shape index (κ1) is 23.0. The average molecular weight is 483 g/mol. The highest BCUT2D eigenvalue weighted by atomic mass is 35.5. The molecule has 0 aliphatic heterocycles. The molecule has 3 aromatic rings. The summed E-state index contributed by atoms with van der Waals surface area (Å²) in [6, 6.07) is 18.6. The number of benzene rings is 3. The summed E-state index contributed by atoms with van der Waals surface area (Å²) in [5, 5.41) is 5.86. The van der Waals surface area contributed by atoms with E-state index in [0.717, 1.165) is 31.1 Å². The number of anilines is 2. The normalized spacial score (nSPS) is 15.4. The highest BCUT2D eigenvalue weighted by molar-refractivity contribution is 7.90. The van der Waals surface area contributed by atoms with E-state index in [2.05, 4.69) is 16.7 Å². The molecule has 0 saturated carbocycles. The number of hydrogen-bond acceptors (Lipinski definition) is 4. The molecule has 1 aliphatic carbocycles. The Balaban J connectivity index is 1.47. The number of aryl methyl sites for hydroxylation is 1. The van der Waals surface area contributed by atoms with E-state index in [0.29, 0.717) is 11.4 Å². The van der Waals surface area contributed by atoms with Gasteiger partial charge in [0.15, 0.2) is 9.84 Å². The second-order valence-corrected chi connectivity index (χ2v) is 10.5.